The minimum Gasteiger partial charge on any atom is -0.456 e. The van der Waals surface area contributed by atoms with Crippen molar-refractivity contribution in [1.29, 1.82) is 0 Å². The Balaban J connectivity index is 1.15. The molecule has 69 heavy (non-hydrogen) atoms. The van der Waals surface area contributed by atoms with E-state index in [4.69, 9.17) is 4.42 Å². The SMILES string of the molecule is Cc1cc2c3c(c1)-n1c4c(cc(C(C)(C)C)cc4c4sc5ccccc5c41)B3c1ccc(N(c3ccc(C(C)(C)C)cc3)c3ccc(C(C)(C)C)cc3)cc1N2c1cccc2oc3ccccc3c12. The summed E-state index contributed by atoms with van der Waals surface area (Å²) in [5, 5.41) is 4.89. The van der Waals surface area contributed by atoms with Crippen LogP contribution in [-0.2, 0) is 16.2 Å². The standard InChI is InChI=1S/C63H56BN3OS/c1-37-32-51-57-52(33-37)67-58-46(60-59(67)45-17-12-14-21-55(45)69-60)34-40(63(8,9)10)35-48(58)64(57)47-31-30-43(36-50(47)66(51)49-18-15-20-54-56(49)44-16-11-13-19-53(44)68-54)65(41-26-22-38(23-27-41)61(2,3)4)42-28-24-39(25-29-42)62(5,6)7/h11-36H,1-10H3. The molecule has 2 aliphatic heterocycles. The second kappa shape index (κ2) is 14.5. The number of fused-ring (bicyclic) bond motifs is 12. The van der Waals surface area contributed by atoms with E-state index in [1.165, 1.54) is 86.9 Å². The zero-order chi connectivity index (χ0) is 47.5. The molecule has 0 saturated carbocycles. The van der Waals surface area contributed by atoms with Crippen LogP contribution in [0.25, 0.3) is 58.8 Å². The molecule has 0 saturated heterocycles. The van der Waals surface area contributed by atoms with Crippen LogP contribution in [0.5, 0.6) is 0 Å². The van der Waals surface area contributed by atoms with Crippen LogP contribution in [0.15, 0.2) is 162 Å². The summed E-state index contributed by atoms with van der Waals surface area (Å²) < 4.78 is 12.0. The van der Waals surface area contributed by atoms with Gasteiger partial charge >= 0.3 is 0 Å². The van der Waals surface area contributed by atoms with Crippen LogP contribution in [0.1, 0.15) is 84.6 Å². The van der Waals surface area contributed by atoms with Gasteiger partial charge in [-0.05, 0) is 141 Å². The van der Waals surface area contributed by atoms with Crippen molar-refractivity contribution in [3.63, 3.8) is 0 Å². The van der Waals surface area contributed by atoms with Gasteiger partial charge < -0.3 is 18.8 Å². The summed E-state index contributed by atoms with van der Waals surface area (Å²) in [5.74, 6) is 0. The molecule has 0 amide bonds. The summed E-state index contributed by atoms with van der Waals surface area (Å²) in [6, 6.07) is 59.8. The fraction of sp³-hybridized carbons (Fsp3) is 0.206. The van der Waals surface area contributed by atoms with Crippen molar-refractivity contribution < 1.29 is 4.42 Å². The lowest BCUT2D eigenvalue weighted by atomic mass is 9.33. The van der Waals surface area contributed by atoms with Gasteiger partial charge in [0.05, 0.1) is 26.8 Å². The van der Waals surface area contributed by atoms with Crippen LogP contribution in [0.4, 0.5) is 34.1 Å². The van der Waals surface area contributed by atoms with Crippen molar-refractivity contribution in [2.45, 2.75) is 85.5 Å². The van der Waals surface area contributed by atoms with E-state index < -0.39 is 0 Å². The molecule has 6 heteroatoms. The Morgan fingerprint density at radius 1 is 0.478 bits per heavy atom. The largest absolute Gasteiger partial charge is 0.456 e. The van der Waals surface area contributed by atoms with E-state index in [1.54, 1.807) is 0 Å². The summed E-state index contributed by atoms with van der Waals surface area (Å²) in [6.45, 7) is 23.1. The van der Waals surface area contributed by atoms with E-state index in [2.05, 4.69) is 241 Å². The Labute approximate surface area is 409 Å². The first-order chi connectivity index (χ1) is 33.0. The minimum absolute atomic E-state index is 0.0191. The molecule has 0 N–H and O–H groups in total. The Morgan fingerprint density at radius 2 is 1.09 bits per heavy atom. The molecule has 8 aromatic carbocycles. The molecule has 13 rings (SSSR count). The fourth-order valence-corrected chi connectivity index (χ4v) is 12.7. The Morgan fingerprint density at radius 3 is 1.77 bits per heavy atom. The molecule has 0 unspecified atom stereocenters. The van der Waals surface area contributed by atoms with E-state index >= 15 is 0 Å². The number of hydrogen-bond donors (Lipinski definition) is 0. The van der Waals surface area contributed by atoms with Crippen molar-refractivity contribution >= 4 is 122 Å². The smallest absolute Gasteiger partial charge is 0.252 e. The summed E-state index contributed by atoms with van der Waals surface area (Å²) >= 11 is 1.94. The van der Waals surface area contributed by atoms with Gasteiger partial charge in [-0.25, -0.2) is 0 Å². The molecule has 0 radical (unpaired) electrons. The third-order valence-electron chi connectivity index (χ3n) is 15.1. The maximum absolute atomic E-state index is 6.67. The van der Waals surface area contributed by atoms with Crippen molar-refractivity contribution in [2.24, 2.45) is 0 Å². The van der Waals surface area contributed by atoms with Gasteiger partial charge in [0.1, 0.15) is 11.2 Å². The minimum atomic E-state index is -0.0663. The number of hydrogen-bond acceptors (Lipinski definition) is 4. The molecule has 5 heterocycles. The average molecular weight is 914 g/mol. The van der Waals surface area contributed by atoms with Crippen molar-refractivity contribution in [1.82, 2.24) is 4.57 Å². The molecule has 0 bridgehead atoms. The van der Waals surface area contributed by atoms with Crippen LogP contribution in [0, 0.1) is 6.92 Å². The first-order valence-corrected chi connectivity index (χ1v) is 25.4. The van der Waals surface area contributed by atoms with Gasteiger partial charge in [-0.15, -0.1) is 11.3 Å². The first-order valence-electron chi connectivity index (χ1n) is 24.5. The molecule has 2 aliphatic rings. The van der Waals surface area contributed by atoms with Gasteiger partial charge in [0.25, 0.3) is 6.71 Å². The first kappa shape index (κ1) is 42.1. The average Bonchev–Trinajstić information content (AvgIpc) is 3.99. The molecule has 0 fully saturated rings. The Kier molecular flexibility index (Phi) is 8.86. The number of nitrogens with zero attached hydrogens (tertiary/aromatic N) is 3. The van der Waals surface area contributed by atoms with E-state index in [1.807, 2.05) is 11.3 Å². The highest BCUT2D eigenvalue weighted by Gasteiger charge is 2.44. The molecule has 11 aromatic rings. The van der Waals surface area contributed by atoms with Gasteiger partial charge in [-0.2, -0.15) is 0 Å². The molecular formula is C63H56BN3OS. The van der Waals surface area contributed by atoms with Crippen LogP contribution in [0.3, 0.4) is 0 Å². The predicted molar refractivity (Wildman–Crippen MR) is 298 cm³/mol. The molecule has 3 aromatic heterocycles. The van der Waals surface area contributed by atoms with Crippen LogP contribution in [-0.4, -0.2) is 11.3 Å². The third-order valence-corrected chi connectivity index (χ3v) is 16.3. The number of para-hydroxylation sites is 1. The lowest BCUT2D eigenvalue weighted by molar-refractivity contribution is 0.590. The van der Waals surface area contributed by atoms with Gasteiger partial charge in [0.2, 0.25) is 0 Å². The topological polar surface area (TPSA) is 24.6 Å². The maximum atomic E-state index is 6.67. The van der Waals surface area contributed by atoms with Crippen molar-refractivity contribution in [3.05, 3.63) is 180 Å². The number of furan rings is 1. The summed E-state index contributed by atoms with van der Waals surface area (Å²) in [5.41, 5.74) is 21.7. The second-order valence-corrected chi connectivity index (χ2v) is 23.8. The van der Waals surface area contributed by atoms with Crippen molar-refractivity contribution in [3.8, 4) is 5.69 Å². The number of aromatic nitrogens is 1. The molecular weight excluding hydrogens is 858 g/mol. The Bertz CT molecular complexity index is 3870. The summed E-state index contributed by atoms with van der Waals surface area (Å²) in [4.78, 5) is 5.03. The molecule has 338 valence electrons. The summed E-state index contributed by atoms with van der Waals surface area (Å²) in [7, 11) is 0. The predicted octanol–water partition coefficient (Wildman–Crippen LogP) is 16.2. The number of anilines is 6. The van der Waals surface area contributed by atoms with E-state index in [-0.39, 0.29) is 23.0 Å². The van der Waals surface area contributed by atoms with Gasteiger partial charge in [0, 0.05) is 55.0 Å². The lowest BCUT2D eigenvalue weighted by Gasteiger charge is -2.41. The number of thiophene rings is 1. The van der Waals surface area contributed by atoms with Crippen LogP contribution < -0.4 is 26.2 Å². The van der Waals surface area contributed by atoms with Crippen LogP contribution in [0.2, 0.25) is 0 Å². The van der Waals surface area contributed by atoms with E-state index in [9.17, 15) is 0 Å². The zero-order valence-corrected chi connectivity index (χ0v) is 42.1. The highest BCUT2D eigenvalue weighted by molar-refractivity contribution is 7.26. The van der Waals surface area contributed by atoms with Gasteiger partial charge in [-0.3, -0.25) is 0 Å². The normalized spacial score (nSPS) is 13.6. The fourth-order valence-electron chi connectivity index (χ4n) is 11.5. The highest BCUT2D eigenvalue weighted by Crippen LogP contribution is 2.50. The molecule has 0 aliphatic carbocycles. The molecule has 0 spiro atoms. The zero-order valence-electron chi connectivity index (χ0n) is 41.2. The third kappa shape index (κ3) is 6.27. The lowest BCUT2D eigenvalue weighted by Crippen LogP contribution is -2.60. The number of rotatable bonds is 4. The van der Waals surface area contributed by atoms with Crippen molar-refractivity contribution in [2.75, 3.05) is 9.80 Å². The summed E-state index contributed by atoms with van der Waals surface area (Å²) in [6.07, 6.45) is 0. The molecule has 4 nitrogen and oxygen atoms in total. The van der Waals surface area contributed by atoms with E-state index in [0.29, 0.717) is 0 Å². The quantitative estimate of drug-likeness (QED) is 0.164. The van der Waals surface area contributed by atoms with Gasteiger partial charge in [-0.1, -0.05) is 141 Å². The number of benzene rings is 8. The monoisotopic (exact) mass is 913 g/mol. The second-order valence-electron chi connectivity index (χ2n) is 22.7. The van der Waals surface area contributed by atoms with Crippen LogP contribution >= 0.6 is 11.3 Å². The molecule has 0 atom stereocenters. The Hall–Kier alpha value is -7.02. The van der Waals surface area contributed by atoms with Gasteiger partial charge in [0.15, 0.2) is 0 Å². The van der Waals surface area contributed by atoms with E-state index in [0.717, 1.165) is 44.7 Å². The highest BCUT2D eigenvalue weighted by atomic mass is 32.1. The number of aryl methyl sites for hydroxylation is 1. The maximum Gasteiger partial charge on any atom is 0.252 e.